The number of hydrogen-bond acceptors (Lipinski definition) is 2. The van der Waals surface area contributed by atoms with Crippen molar-refractivity contribution in [3.63, 3.8) is 0 Å². The van der Waals surface area contributed by atoms with Crippen molar-refractivity contribution in [1.29, 1.82) is 5.26 Å². The summed E-state index contributed by atoms with van der Waals surface area (Å²) < 4.78 is 0. The van der Waals surface area contributed by atoms with E-state index in [0.29, 0.717) is 6.42 Å². The van der Waals surface area contributed by atoms with Crippen molar-refractivity contribution < 1.29 is 4.79 Å². The maximum Gasteiger partial charge on any atom is 0.150 e. The number of hydrogen-bond donors (Lipinski definition) is 0. The summed E-state index contributed by atoms with van der Waals surface area (Å²) >= 11 is 0. The van der Waals surface area contributed by atoms with E-state index in [4.69, 9.17) is 5.26 Å². The van der Waals surface area contributed by atoms with Crippen LogP contribution in [0.4, 0.5) is 0 Å². The first-order valence-electron chi connectivity index (χ1n) is 6.05. The Kier molecular flexibility index (Phi) is 7.99. The second-order valence-corrected chi connectivity index (χ2v) is 4.48. The van der Waals surface area contributed by atoms with Crippen LogP contribution in [0.25, 0.3) is 0 Å². The summed E-state index contributed by atoms with van der Waals surface area (Å²) in [6.45, 7) is 6.04. The van der Waals surface area contributed by atoms with Crippen LogP contribution in [0.2, 0.25) is 0 Å². The van der Waals surface area contributed by atoms with Gasteiger partial charge in [-0.05, 0) is 12.3 Å². The van der Waals surface area contributed by atoms with Gasteiger partial charge in [0.05, 0.1) is 6.07 Å². The summed E-state index contributed by atoms with van der Waals surface area (Å²) in [7, 11) is 0. The third kappa shape index (κ3) is 6.28. The Hall–Kier alpha value is -0.840. The van der Waals surface area contributed by atoms with Gasteiger partial charge in [0.15, 0.2) is 0 Å². The fourth-order valence-electron chi connectivity index (χ4n) is 1.65. The van der Waals surface area contributed by atoms with Crippen molar-refractivity contribution in [3.8, 4) is 6.07 Å². The Morgan fingerprint density at radius 2 is 1.80 bits per heavy atom. The summed E-state index contributed by atoms with van der Waals surface area (Å²) in [5.41, 5.74) is 0. The maximum absolute atomic E-state index is 11.6. The zero-order chi connectivity index (χ0) is 11.7. The predicted octanol–water partition coefficient (Wildman–Crippen LogP) is 3.71. The molecule has 0 N–H and O–H groups in total. The molecule has 0 aromatic heterocycles. The van der Waals surface area contributed by atoms with Crippen molar-refractivity contribution >= 4 is 5.78 Å². The van der Waals surface area contributed by atoms with Crippen molar-refractivity contribution in [3.05, 3.63) is 0 Å². The predicted molar refractivity (Wildman–Crippen MR) is 62.3 cm³/mol. The second-order valence-electron chi connectivity index (χ2n) is 4.48. The number of ketones is 1. The minimum absolute atomic E-state index is 0.129. The maximum atomic E-state index is 11.6. The number of carbonyl (C=O) groups is 1. The molecule has 1 unspecified atom stereocenters. The molecule has 0 amide bonds. The van der Waals surface area contributed by atoms with Crippen LogP contribution < -0.4 is 0 Å². The lowest BCUT2D eigenvalue weighted by atomic mass is 9.90. The Bertz CT molecular complexity index is 215. The summed E-state index contributed by atoms with van der Waals surface area (Å²) in [4.78, 5) is 11.6. The third-order valence-electron chi connectivity index (χ3n) is 2.68. The van der Waals surface area contributed by atoms with Crippen LogP contribution in [0.15, 0.2) is 0 Å². The van der Waals surface area contributed by atoms with Gasteiger partial charge in [-0.25, -0.2) is 0 Å². The molecule has 0 aliphatic rings. The van der Waals surface area contributed by atoms with Gasteiger partial charge in [0.2, 0.25) is 0 Å². The van der Waals surface area contributed by atoms with Crippen molar-refractivity contribution in [2.45, 2.75) is 59.3 Å². The molecular formula is C13H23NO. The largest absolute Gasteiger partial charge is 0.298 e. The molecule has 0 radical (unpaired) electrons. The molecule has 0 aromatic carbocycles. The van der Waals surface area contributed by atoms with E-state index in [1.165, 1.54) is 19.3 Å². The molecule has 0 bridgehead atoms. The minimum Gasteiger partial charge on any atom is -0.298 e. The van der Waals surface area contributed by atoms with Gasteiger partial charge in [-0.2, -0.15) is 5.26 Å². The van der Waals surface area contributed by atoms with E-state index in [1.54, 1.807) is 0 Å². The molecule has 0 saturated heterocycles. The van der Waals surface area contributed by atoms with Gasteiger partial charge in [-0.3, -0.25) is 4.79 Å². The van der Waals surface area contributed by atoms with Gasteiger partial charge in [0.1, 0.15) is 11.7 Å². The van der Waals surface area contributed by atoms with Crippen LogP contribution >= 0.6 is 0 Å². The van der Waals surface area contributed by atoms with E-state index in [9.17, 15) is 4.79 Å². The molecule has 0 fully saturated rings. The van der Waals surface area contributed by atoms with Crippen molar-refractivity contribution in [1.82, 2.24) is 0 Å². The zero-order valence-corrected chi connectivity index (χ0v) is 10.3. The van der Waals surface area contributed by atoms with Crippen LogP contribution in [0, 0.1) is 23.2 Å². The molecule has 0 aliphatic carbocycles. The Balaban J connectivity index is 3.69. The fourth-order valence-corrected chi connectivity index (χ4v) is 1.65. The van der Waals surface area contributed by atoms with Crippen LogP contribution in [-0.2, 0) is 4.79 Å². The summed E-state index contributed by atoms with van der Waals surface area (Å²) in [6, 6.07) is 2.10. The van der Waals surface area contributed by atoms with E-state index in [0.717, 1.165) is 12.8 Å². The van der Waals surface area contributed by atoms with Gasteiger partial charge in [-0.1, -0.05) is 46.5 Å². The first-order chi connectivity index (χ1) is 7.13. The highest BCUT2D eigenvalue weighted by Gasteiger charge is 2.20. The highest BCUT2D eigenvalue weighted by atomic mass is 16.1. The average molecular weight is 209 g/mol. The number of nitriles is 1. The van der Waals surface area contributed by atoms with Crippen LogP contribution in [0.5, 0.6) is 0 Å². The van der Waals surface area contributed by atoms with Gasteiger partial charge >= 0.3 is 0 Å². The number of unbranched alkanes of at least 4 members (excludes halogenated alkanes) is 4. The van der Waals surface area contributed by atoms with Crippen LogP contribution in [0.1, 0.15) is 59.3 Å². The Labute approximate surface area is 93.7 Å². The van der Waals surface area contributed by atoms with Crippen molar-refractivity contribution in [2.24, 2.45) is 11.8 Å². The highest BCUT2D eigenvalue weighted by Crippen LogP contribution is 2.15. The molecule has 0 saturated carbocycles. The molecule has 2 nitrogen and oxygen atoms in total. The van der Waals surface area contributed by atoms with Crippen LogP contribution in [0.3, 0.4) is 0 Å². The average Bonchev–Trinajstić information content (AvgIpc) is 2.18. The smallest absolute Gasteiger partial charge is 0.150 e. The third-order valence-corrected chi connectivity index (χ3v) is 2.68. The van der Waals surface area contributed by atoms with Crippen molar-refractivity contribution in [2.75, 3.05) is 0 Å². The number of nitrogens with zero attached hydrogens (tertiary/aromatic N) is 1. The highest BCUT2D eigenvalue weighted by molar-refractivity contribution is 5.83. The van der Waals surface area contributed by atoms with E-state index in [2.05, 4.69) is 13.0 Å². The number of rotatable bonds is 8. The quantitative estimate of drug-likeness (QED) is 0.572. The minimum atomic E-state index is -0.392. The number of Topliss-reactive ketones (excluding diaryl/α,β-unsaturated/α-hetero) is 1. The fraction of sp³-hybridized carbons (Fsp3) is 0.846. The first-order valence-corrected chi connectivity index (χ1v) is 6.05. The Morgan fingerprint density at radius 3 is 2.27 bits per heavy atom. The summed E-state index contributed by atoms with van der Waals surface area (Å²) in [6.07, 6.45) is 6.34. The van der Waals surface area contributed by atoms with E-state index >= 15 is 0 Å². The summed E-state index contributed by atoms with van der Waals surface area (Å²) in [5, 5.41) is 8.84. The molecule has 86 valence electrons. The summed E-state index contributed by atoms with van der Waals surface area (Å²) in [5.74, 6) is -0.113. The van der Waals surface area contributed by atoms with Gasteiger partial charge < -0.3 is 0 Å². The molecule has 15 heavy (non-hydrogen) atoms. The zero-order valence-electron chi connectivity index (χ0n) is 10.3. The topological polar surface area (TPSA) is 40.9 Å². The number of carbonyl (C=O) groups excluding carboxylic acids is 1. The van der Waals surface area contributed by atoms with E-state index in [-0.39, 0.29) is 11.7 Å². The van der Waals surface area contributed by atoms with E-state index < -0.39 is 5.92 Å². The van der Waals surface area contributed by atoms with Gasteiger partial charge in [0.25, 0.3) is 0 Å². The molecule has 0 aliphatic heterocycles. The molecule has 0 heterocycles. The second kappa shape index (κ2) is 8.47. The first kappa shape index (κ1) is 14.2. The molecule has 2 heteroatoms. The molecular weight excluding hydrogens is 186 g/mol. The monoisotopic (exact) mass is 209 g/mol. The Morgan fingerprint density at radius 1 is 1.20 bits per heavy atom. The lowest BCUT2D eigenvalue weighted by Crippen LogP contribution is -2.18. The molecule has 0 rings (SSSR count). The lowest BCUT2D eigenvalue weighted by Gasteiger charge is -2.11. The normalized spacial score (nSPS) is 12.5. The van der Waals surface area contributed by atoms with Gasteiger partial charge in [-0.15, -0.1) is 0 Å². The standard InChI is InChI=1S/C13H23NO/c1-4-5-6-7-8-9-13(15)12(10-14)11(2)3/h11-12H,4-9H2,1-3H3. The lowest BCUT2D eigenvalue weighted by molar-refractivity contribution is -0.122. The van der Waals surface area contributed by atoms with Gasteiger partial charge in [0, 0.05) is 6.42 Å². The molecule has 0 aromatic rings. The van der Waals surface area contributed by atoms with Crippen LogP contribution in [-0.4, -0.2) is 5.78 Å². The SMILES string of the molecule is CCCCCCCC(=O)C(C#N)C(C)C. The van der Waals surface area contributed by atoms with E-state index in [1.807, 2.05) is 13.8 Å². The molecule has 0 spiro atoms. The molecule has 1 atom stereocenters.